The first-order chi connectivity index (χ1) is 11.4. The molecule has 0 radical (unpaired) electrons. The first kappa shape index (κ1) is 13.8. The molecule has 0 aliphatic carbocycles. The van der Waals surface area contributed by atoms with Gasteiger partial charge in [-0.15, -0.1) is 0 Å². The van der Waals surface area contributed by atoms with Crippen LogP contribution in [0.5, 0.6) is 0 Å². The molecule has 0 bridgehead atoms. The maximum atomic E-state index is 4.30. The predicted octanol–water partition coefficient (Wildman–Crippen LogP) is 4.39. The van der Waals surface area contributed by atoms with E-state index in [1.54, 1.807) is 0 Å². The van der Waals surface area contributed by atoms with Gasteiger partial charge < -0.3 is 10.2 Å². The fraction of sp³-hybridized carbons (Fsp3) is 0.150. The predicted molar refractivity (Wildman–Crippen MR) is 95.2 cm³/mol. The zero-order chi connectivity index (χ0) is 15.5. The first-order valence-electron chi connectivity index (χ1n) is 7.99. The van der Waals surface area contributed by atoms with Gasteiger partial charge in [-0.1, -0.05) is 48.5 Å². The second kappa shape index (κ2) is 6.13. The summed E-state index contributed by atoms with van der Waals surface area (Å²) in [5.74, 6) is 0. The van der Waals surface area contributed by atoms with Crippen LogP contribution in [0.1, 0.15) is 11.1 Å². The Morgan fingerprint density at radius 2 is 1.74 bits per heavy atom. The van der Waals surface area contributed by atoms with Gasteiger partial charge in [0.05, 0.1) is 17.6 Å². The van der Waals surface area contributed by atoms with E-state index in [9.17, 15) is 0 Å². The molecule has 0 fully saturated rings. The van der Waals surface area contributed by atoms with Gasteiger partial charge in [0.25, 0.3) is 0 Å². The van der Waals surface area contributed by atoms with Crippen LogP contribution in [0.4, 0.5) is 17.1 Å². The van der Waals surface area contributed by atoms with Crippen molar-refractivity contribution in [3.8, 4) is 0 Å². The number of pyridine rings is 1. The van der Waals surface area contributed by atoms with Gasteiger partial charge in [-0.3, -0.25) is 4.98 Å². The van der Waals surface area contributed by atoms with Gasteiger partial charge in [0.15, 0.2) is 0 Å². The van der Waals surface area contributed by atoms with Crippen molar-refractivity contribution in [1.29, 1.82) is 0 Å². The Morgan fingerprint density at radius 3 is 2.65 bits per heavy atom. The number of hydrogen-bond acceptors (Lipinski definition) is 3. The van der Waals surface area contributed by atoms with Gasteiger partial charge in [-0.25, -0.2) is 0 Å². The van der Waals surface area contributed by atoms with Crippen molar-refractivity contribution >= 4 is 17.1 Å². The lowest BCUT2D eigenvalue weighted by molar-refractivity contribution is 0.992. The maximum absolute atomic E-state index is 4.30. The Labute approximate surface area is 136 Å². The van der Waals surface area contributed by atoms with Gasteiger partial charge in [-0.05, 0) is 29.7 Å². The second-order valence-electron chi connectivity index (χ2n) is 5.76. The lowest BCUT2D eigenvalue weighted by Crippen LogP contribution is -2.15. The SMILES string of the molecule is c1ccc(CNc2cnccc2N2CCc3ccccc32)cc1. The molecule has 0 spiro atoms. The molecular formula is C20H19N3. The molecule has 0 amide bonds. The van der Waals surface area contributed by atoms with E-state index in [4.69, 9.17) is 0 Å². The summed E-state index contributed by atoms with van der Waals surface area (Å²) in [6.45, 7) is 1.82. The number of nitrogens with one attached hydrogen (secondary N) is 1. The summed E-state index contributed by atoms with van der Waals surface area (Å²) in [5.41, 5.74) is 6.26. The molecule has 4 rings (SSSR count). The Balaban J connectivity index is 1.61. The number of para-hydroxylation sites is 1. The van der Waals surface area contributed by atoms with Crippen molar-refractivity contribution in [2.45, 2.75) is 13.0 Å². The molecule has 3 nitrogen and oxygen atoms in total. The highest BCUT2D eigenvalue weighted by Crippen LogP contribution is 2.37. The molecule has 2 heterocycles. The van der Waals surface area contributed by atoms with Crippen molar-refractivity contribution in [2.24, 2.45) is 0 Å². The number of rotatable bonds is 4. The number of hydrogen-bond donors (Lipinski definition) is 1. The molecule has 1 N–H and O–H groups in total. The summed E-state index contributed by atoms with van der Waals surface area (Å²) in [7, 11) is 0. The van der Waals surface area contributed by atoms with Crippen molar-refractivity contribution in [3.63, 3.8) is 0 Å². The fourth-order valence-electron chi connectivity index (χ4n) is 3.14. The summed E-state index contributed by atoms with van der Waals surface area (Å²) in [6, 6.07) is 21.2. The van der Waals surface area contributed by atoms with Crippen molar-refractivity contribution in [3.05, 3.63) is 84.2 Å². The summed E-state index contributed by atoms with van der Waals surface area (Å²) >= 11 is 0. The van der Waals surface area contributed by atoms with Gasteiger partial charge in [0.2, 0.25) is 0 Å². The van der Waals surface area contributed by atoms with Crippen LogP contribution in [0.2, 0.25) is 0 Å². The summed E-state index contributed by atoms with van der Waals surface area (Å²) in [4.78, 5) is 6.68. The average molecular weight is 301 g/mol. The molecule has 1 aromatic heterocycles. The lowest BCUT2D eigenvalue weighted by Gasteiger charge is -2.23. The molecule has 114 valence electrons. The number of benzene rings is 2. The molecule has 3 heteroatoms. The molecule has 0 unspecified atom stereocenters. The Morgan fingerprint density at radius 1 is 0.913 bits per heavy atom. The van der Waals surface area contributed by atoms with Crippen LogP contribution in [0.3, 0.4) is 0 Å². The molecule has 1 aliphatic rings. The largest absolute Gasteiger partial charge is 0.378 e. The van der Waals surface area contributed by atoms with E-state index >= 15 is 0 Å². The van der Waals surface area contributed by atoms with Crippen LogP contribution in [-0.4, -0.2) is 11.5 Å². The van der Waals surface area contributed by atoms with Gasteiger partial charge in [0, 0.05) is 25.0 Å². The molecule has 0 saturated heterocycles. The van der Waals surface area contributed by atoms with E-state index in [1.807, 2.05) is 18.5 Å². The molecule has 2 aromatic carbocycles. The molecule has 23 heavy (non-hydrogen) atoms. The lowest BCUT2D eigenvalue weighted by atomic mass is 10.2. The summed E-state index contributed by atoms with van der Waals surface area (Å²) < 4.78 is 0. The van der Waals surface area contributed by atoms with E-state index in [-0.39, 0.29) is 0 Å². The highest BCUT2D eigenvalue weighted by molar-refractivity contribution is 5.78. The van der Waals surface area contributed by atoms with Gasteiger partial charge in [-0.2, -0.15) is 0 Å². The van der Waals surface area contributed by atoms with E-state index in [0.717, 1.165) is 25.2 Å². The molecular weight excluding hydrogens is 282 g/mol. The minimum atomic E-state index is 0.801. The van der Waals surface area contributed by atoms with Crippen molar-refractivity contribution < 1.29 is 0 Å². The van der Waals surface area contributed by atoms with E-state index in [2.05, 4.69) is 69.8 Å². The first-order valence-corrected chi connectivity index (χ1v) is 7.99. The van der Waals surface area contributed by atoms with E-state index in [1.165, 1.54) is 22.5 Å². The van der Waals surface area contributed by atoms with Gasteiger partial charge in [0.1, 0.15) is 0 Å². The Hall–Kier alpha value is -2.81. The van der Waals surface area contributed by atoms with Crippen LogP contribution < -0.4 is 10.2 Å². The van der Waals surface area contributed by atoms with Crippen LogP contribution in [-0.2, 0) is 13.0 Å². The standard InChI is InChI=1S/C20H19N3/c1-2-6-16(7-3-1)14-22-18-15-21-12-10-20(18)23-13-11-17-8-4-5-9-19(17)23/h1-10,12,15,22H,11,13-14H2. The third-order valence-corrected chi connectivity index (χ3v) is 4.30. The quantitative estimate of drug-likeness (QED) is 0.774. The zero-order valence-corrected chi connectivity index (χ0v) is 12.9. The molecule has 1 aliphatic heterocycles. The molecule has 0 saturated carbocycles. The molecule has 0 atom stereocenters. The minimum Gasteiger partial charge on any atom is -0.378 e. The van der Waals surface area contributed by atoms with Gasteiger partial charge >= 0.3 is 0 Å². The van der Waals surface area contributed by atoms with E-state index < -0.39 is 0 Å². The van der Waals surface area contributed by atoms with Crippen LogP contribution >= 0.6 is 0 Å². The smallest absolute Gasteiger partial charge is 0.0770 e. The Kier molecular flexibility index (Phi) is 3.68. The zero-order valence-electron chi connectivity index (χ0n) is 12.9. The van der Waals surface area contributed by atoms with Crippen LogP contribution in [0, 0.1) is 0 Å². The van der Waals surface area contributed by atoms with E-state index in [0.29, 0.717) is 0 Å². The second-order valence-corrected chi connectivity index (χ2v) is 5.76. The highest BCUT2D eigenvalue weighted by Gasteiger charge is 2.21. The molecule has 3 aromatic rings. The number of fused-ring (bicyclic) bond motifs is 1. The van der Waals surface area contributed by atoms with Crippen molar-refractivity contribution in [1.82, 2.24) is 4.98 Å². The fourth-order valence-corrected chi connectivity index (χ4v) is 3.14. The topological polar surface area (TPSA) is 28.2 Å². The van der Waals surface area contributed by atoms with Crippen molar-refractivity contribution in [2.75, 3.05) is 16.8 Å². The number of nitrogens with zero attached hydrogens (tertiary/aromatic N) is 2. The minimum absolute atomic E-state index is 0.801. The maximum Gasteiger partial charge on any atom is 0.0770 e. The third-order valence-electron chi connectivity index (χ3n) is 4.30. The highest BCUT2D eigenvalue weighted by atomic mass is 15.2. The summed E-state index contributed by atoms with van der Waals surface area (Å²) in [6.07, 6.45) is 4.87. The average Bonchev–Trinajstić information content (AvgIpc) is 3.05. The van der Waals surface area contributed by atoms with Crippen LogP contribution in [0.25, 0.3) is 0 Å². The number of anilines is 3. The monoisotopic (exact) mass is 301 g/mol. The Bertz CT molecular complexity index is 799. The van der Waals surface area contributed by atoms with Crippen LogP contribution in [0.15, 0.2) is 73.1 Å². The summed E-state index contributed by atoms with van der Waals surface area (Å²) in [5, 5.41) is 3.53. The normalized spacial score (nSPS) is 13.0. The number of aromatic nitrogens is 1. The third kappa shape index (κ3) is 2.78.